The van der Waals surface area contributed by atoms with Crippen molar-refractivity contribution in [1.82, 2.24) is 9.97 Å². The predicted octanol–water partition coefficient (Wildman–Crippen LogP) is 2.62. The van der Waals surface area contributed by atoms with Crippen molar-refractivity contribution in [1.29, 1.82) is 0 Å². The molecule has 0 fully saturated rings. The molecule has 0 radical (unpaired) electrons. The minimum Gasteiger partial charge on any atom is -0.491 e. The molecule has 0 amide bonds. The molecule has 0 aromatic carbocycles. The van der Waals surface area contributed by atoms with E-state index in [0.717, 1.165) is 11.4 Å². The zero-order valence-electron chi connectivity index (χ0n) is 13.1. The van der Waals surface area contributed by atoms with E-state index in [9.17, 15) is 4.79 Å². The van der Waals surface area contributed by atoms with Crippen LogP contribution in [0.25, 0.3) is 0 Å². The SMILES string of the molecule is CO[C@@H](C)COc1cc(C)nc(C(=O)Cc2ccccn2)c1. The molecule has 2 aromatic heterocycles. The highest BCUT2D eigenvalue weighted by Gasteiger charge is 2.12. The summed E-state index contributed by atoms with van der Waals surface area (Å²) in [5.41, 5.74) is 1.86. The lowest BCUT2D eigenvalue weighted by molar-refractivity contribution is 0.0715. The van der Waals surface area contributed by atoms with Crippen molar-refractivity contribution in [3.8, 4) is 5.75 Å². The lowest BCUT2D eigenvalue weighted by Crippen LogP contribution is -2.16. The van der Waals surface area contributed by atoms with E-state index in [4.69, 9.17) is 9.47 Å². The molecule has 0 saturated heterocycles. The molecule has 0 aliphatic carbocycles. The number of Topliss-reactive ketones (excluding diaryl/α,β-unsaturated/α-hetero) is 1. The molecule has 2 heterocycles. The third-order valence-electron chi connectivity index (χ3n) is 3.17. The van der Waals surface area contributed by atoms with Gasteiger partial charge in [0.15, 0.2) is 5.78 Å². The van der Waals surface area contributed by atoms with Crippen molar-refractivity contribution in [3.05, 3.63) is 53.6 Å². The van der Waals surface area contributed by atoms with Crippen LogP contribution in [0.15, 0.2) is 36.5 Å². The second kappa shape index (κ2) is 7.66. The van der Waals surface area contributed by atoms with Gasteiger partial charge in [-0.3, -0.25) is 9.78 Å². The highest BCUT2D eigenvalue weighted by atomic mass is 16.5. The molecule has 5 nitrogen and oxygen atoms in total. The number of carbonyl (C=O) groups excluding carboxylic acids is 1. The zero-order valence-corrected chi connectivity index (χ0v) is 13.1. The highest BCUT2D eigenvalue weighted by molar-refractivity contribution is 5.95. The van der Waals surface area contributed by atoms with Crippen LogP contribution < -0.4 is 4.74 Å². The summed E-state index contributed by atoms with van der Waals surface area (Å²) in [5, 5.41) is 0. The van der Waals surface area contributed by atoms with Gasteiger partial charge >= 0.3 is 0 Å². The average molecular weight is 300 g/mol. The van der Waals surface area contributed by atoms with Crippen LogP contribution in [-0.4, -0.2) is 35.6 Å². The number of nitrogens with zero attached hydrogens (tertiary/aromatic N) is 2. The fraction of sp³-hybridized carbons (Fsp3) is 0.353. The summed E-state index contributed by atoms with van der Waals surface area (Å²) in [7, 11) is 1.63. The van der Waals surface area contributed by atoms with Crippen LogP contribution in [0.4, 0.5) is 0 Å². The van der Waals surface area contributed by atoms with Crippen LogP contribution in [0.2, 0.25) is 0 Å². The van der Waals surface area contributed by atoms with E-state index >= 15 is 0 Å². The number of pyridine rings is 2. The van der Waals surface area contributed by atoms with Gasteiger partial charge in [-0.2, -0.15) is 0 Å². The summed E-state index contributed by atoms with van der Waals surface area (Å²) in [6.45, 7) is 4.18. The molecule has 116 valence electrons. The molecule has 5 heteroatoms. The van der Waals surface area contributed by atoms with Crippen molar-refractivity contribution >= 4 is 5.78 Å². The minimum atomic E-state index is -0.0768. The van der Waals surface area contributed by atoms with Crippen molar-refractivity contribution in [2.75, 3.05) is 13.7 Å². The number of carbonyl (C=O) groups is 1. The number of ketones is 1. The largest absolute Gasteiger partial charge is 0.491 e. The Morgan fingerprint density at radius 2 is 2.14 bits per heavy atom. The smallest absolute Gasteiger partial charge is 0.187 e. The number of ether oxygens (including phenoxy) is 2. The summed E-state index contributed by atoms with van der Waals surface area (Å²) in [4.78, 5) is 20.8. The first-order chi connectivity index (χ1) is 10.6. The third kappa shape index (κ3) is 4.63. The Morgan fingerprint density at radius 3 is 2.82 bits per heavy atom. The molecule has 0 aliphatic rings. The Morgan fingerprint density at radius 1 is 1.32 bits per heavy atom. The van der Waals surface area contributed by atoms with Gasteiger partial charge in [0.25, 0.3) is 0 Å². The van der Waals surface area contributed by atoms with Gasteiger partial charge in [-0.1, -0.05) is 6.07 Å². The van der Waals surface area contributed by atoms with E-state index in [2.05, 4.69) is 9.97 Å². The van der Waals surface area contributed by atoms with Gasteiger partial charge in [-0.25, -0.2) is 4.98 Å². The zero-order chi connectivity index (χ0) is 15.9. The lowest BCUT2D eigenvalue weighted by atomic mass is 10.1. The first-order valence-electron chi connectivity index (χ1n) is 7.16. The maximum atomic E-state index is 12.3. The first kappa shape index (κ1) is 16.1. The van der Waals surface area contributed by atoms with Crippen LogP contribution >= 0.6 is 0 Å². The molecular formula is C17H20N2O3. The molecule has 0 saturated carbocycles. The summed E-state index contributed by atoms with van der Waals surface area (Å²) < 4.78 is 10.8. The Kier molecular flexibility index (Phi) is 5.61. The van der Waals surface area contributed by atoms with Crippen molar-refractivity contribution in [3.63, 3.8) is 0 Å². The molecular weight excluding hydrogens is 280 g/mol. The molecule has 2 rings (SSSR count). The summed E-state index contributed by atoms with van der Waals surface area (Å²) in [6, 6.07) is 8.98. The van der Waals surface area contributed by atoms with Crippen molar-refractivity contribution in [2.45, 2.75) is 26.4 Å². The van der Waals surface area contributed by atoms with Gasteiger partial charge in [0.2, 0.25) is 0 Å². The standard InChI is InChI=1S/C17H20N2O3/c1-12-8-15(22-11-13(2)21-3)10-16(19-12)17(20)9-14-6-4-5-7-18-14/h4-8,10,13H,9,11H2,1-3H3/t13-/m0/s1. The number of hydrogen-bond donors (Lipinski definition) is 0. The summed E-state index contributed by atoms with van der Waals surface area (Å²) in [5.74, 6) is 0.549. The van der Waals surface area contributed by atoms with Gasteiger partial charge in [0.05, 0.1) is 12.5 Å². The highest BCUT2D eigenvalue weighted by Crippen LogP contribution is 2.16. The molecule has 0 N–H and O–H groups in total. The predicted molar refractivity (Wildman–Crippen MR) is 83.2 cm³/mol. The van der Waals surface area contributed by atoms with E-state index in [1.54, 1.807) is 25.4 Å². The van der Waals surface area contributed by atoms with E-state index in [1.807, 2.05) is 32.0 Å². The van der Waals surface area contributed by atoms with Crippen LogP contribution in [0.1, 0.15) is 28.8 Å². The molecule has 22 heavy (non-hydrogen) atoms. The van der Waals surface area contributed by atoms with Gasteiger partial charge in [0.1, 0.15) is 18.1 Å². The number of methoxy groups -OCH3 is 1. The normalized spacial score (nSPS) is 12.0. The third-order valence-corrected chi connectivity index (χ3v) is 3.17. The molecule has 1 atom stereocenters. The first-order valence-corrected chi connectivity index (χ1v) is 7.16. The molecule has 2 aromatic rings. The fourth-order valence-electron chi connectivity index (χ4n) is 1.90. The monoisotopic (exact) mass is 300 g/mol. The number of hydrogen-bond acceptors (Lipinski definition) is 5. The fourth-order valence-corrected chi connectivity index (χ4v) is 1.90. The van der Waals surface area contributed by atoms with E-state index in [1.165, 1.54) is 0 Å². The number of aryl methyl sites for hydroxylation is 1. The Hall–Kier alpha value is -2.27. The van der Waals surface area contributed by atoms with Gasteiger partial charge in [-0.05, 0) is 26.0 Å². The number of aromatic nitrogens is 2. The van der Waals surface area contributed by atoms with E-state index in [-0.39, 0.29) is 18.3 Å². The Bertz CT molecular complexity index is 629. The molecule has 0 aliphatic heterocycles. The van der Waals surface area contributed by atoms with Gasteiger partial charge in [0, 0.05) is 36.8 Å². The van der Waals surface area contributed by atoms with E-state index < -0.39 is 0 Å². The topological polar surface area (TPSA) is 61.3 Å². The average Bonchev–Trinajstić information content (AvgIpc) is 2.53. The summed E-state index contributed by atoms with van der Waals surface area (Å²) >= 11 is 0. The lowest BCUT2D eigenvalue weighted by Gasteiger charge is -2.12. The molecule has 0 unspecified atom stereocenters. The van der Waals surface area contributed by atoms with Crippen LogP contribution in [0.5, 0.6) is 5.75 Å². The quantitative estimate of drug-likeness (QED) is 0.736. The van der Waals surface area contributed by atoms with Gasteiger partial charge < -0.3 is 9.47 Å². The molecule has 0 spiro atoms. The van der Waals surface area contributed by atoms with Crippen molar-refractivity contribution < 1.29 is 14.3 Å². The second-order valence-corrected chi connectivity index (χ2v) is 5.11. The second-order valence-electron chi connectivity index (χ2n) is 5.11. The summed E-state index contributed by atoms with van der Waals surface area (Å²) in [6.07, 6.45) is 1.89. The molecule has 0 bridgehead atoms. The minimum absolute atomic E-state index is 0.0128. The Labute approximate surface area is 130 Å². The van der Waals surface area contributed by atoms with Crippen LogP contribution in [0.3, 0.4) is 0 Å². The maximum absolute atomic E-state index is 12.3. The van der Waals surface area contributed by atoms with Gasteiger partial charge in [-0.15, -0.1) is 0 Å². The van der Waals surface area contributed by atoms with Crippen LogP contribution in [0, 0.1) is 6.92 Å². The van der Waals surface area contributed by atoms with Crippen LogP contribution in [-0.2, 0) is 11.2 Å². The van der Waals surface area contributed by atoms with E-state index in [0.29, 0.717) is 18.1 Å². The Balaban J connectivity index is 2.10. The number of rotatable bonds is 7. The van der Waals surface area contributed by atoms with Crippen molar-refractivity contribution in [2.24, 2.45) is 0 Å². The maximum Gasteiger partial charge on any atom is 0.187 e.